The average Bonchev–Trinajstić information content (AvgIpc) is 3.40. The van der Waals surface area contributed by atoms with Crippen molar-refractivity contribution in [2.24, 2.45) is 5.92 Å². The first kappa shape index (κ1) is 17.8. The molecule has 1 atom stereocenters. The first-order chi connectivity index (χ1) is 12.1. The maximum absolute atomic E-state index is 12.2. The molecular formula is C20H23ClN2O2. The van der Waals surface area contributed by atoms with Gasteiger partial charge in [-0.3, -0.25) is 0 Å². The van der Waals surface area contributed by atoms with E-state index in [1.807, 2.05) is 55.5 Å². The van der Waals surface area contributed by atoms with Gasteiger partial charge >= 0.3 is 6.03 Å². The van der Waals surface area contributed by atoms with Crippen molar-refractivity contribution in [3.8, 4) is 0 Å². The molecule has 3 rings (SSSR count). The van der Waals surface area contributed by atoms with Gasteiger partial charge < -0.3 is 15.4 Å². The van der Waals surface area contributed by atoms with Gasteiger partial charge in [0.25, 0.3) is 0 Å². The van der Waals surface area contributed by atoms with Gasteiger partial charge in [0.1, 0.15) is 0 Å². The monoisotopic (exact) mass is 358 g/mol. The van der Waals surface area contributed by atoms with E-state index < -0.39 is 0 Å². The summed E-state index contributed by atoms with van der Waals surface area (Å²) in [6.45, 7) is 3.34. The third-order valence-electron chi connectivity index (χ3n) is 4.22. The van der Waals surface area contributed by atoms with Crippen molar-refractivity contribution in [2.75, 3.05) is 11.9 Å². The topological polar surface area (TPSA) is 50.4 Å². The number of hydrogen-bond acceptors (Lipinski definition) is 2. The van der Waals surface area contributed by atoms with E-state index in [0.29, 0.717) is 11.6 Å². The summed E-state index contributed by atoms with van der Waals surface area (Å²) in [4.78, 5) is 12.2. The predicted octanol–water partition coefficient (Wildman–Crippen LogP) is 5.15. The highest BCUT2D eigenvalue weighted by Gasteiger charge is 2.21. The minimum atomic E-state index is -0.238. The van der Waals surface area contributed by atoms with E-state index in [9.17, 15) is 4.79 Å². The molecule has 0 radical (unpaired) electrons. The van der Waals surface area contributed by atoms with Crippen molar-refractivity contribution in [1.29, 1.82) is 0 Å². The Bertz CT molecular complexity index is 714. The van der Waals surface area contributed by atoms with Crippen molar-refractivity contribution in [2.45, 2.75) is 32.4 Å². The lowest BCUT2D eigenvalue weighted by molar-refractivity contribution is 0.111. The molecule has 0 bridgehead atoms. The maximum Gasteiger partial charge on any atom is 0.319 e. The largest absolute Gasteiger partial charge is 0.376 e. The number of nitrogens with one attached hydrogen (secondary N) is 2. The van der Waals surface area contributed by atoms with E-state index >= 15 is 0 Å². The van der Waals surface area contributed by atoms with Crippen LogP contribution in [0, 0.1) is 5.92 Å². The Labute approximate surface area is 153 Å². The lowest BCUT2D eigenvalue weighted by Crippen LogP contribution is -2.31. The average molecular weight is 359 g/mol. The zero-order valence-electron chi connectivity index (χ0n) is 14.3. The maximum atomic E-state index is 12.2. The molecule has 1 saturated carbocycles. The molecule has 2 aromatic carbocycles. The van der Waals surface area contributed by atoms with Gasteiger partial charge in [-0.25, -0.2) is 4.79 Å². The highest BCUT2D eigenvalue weighted by atomic mass is 35.5. The van der Waals surface area contributed by atoms with Crippen LogP contribution in [0.3, 0.4) is 0 Å². The molecule has 1 unspecified atom stereocenters. The Balaban J connectivity index is 1.50. The molecule has 1 aliphatic carbocycles. The lowest BCUT2D eigenvalue weighted by Gasteiger charge is -2.15. The molecule has 5 heteroatoms. The third-order valence-corrected chi connectivity index (χ3v) is 4.47. The number of ether oxygens (including phenoxy) is 1. The Hall–Kier alpha value is -2.04. The number of hydrogen-bond donors (Lipinski definition) is 2. The summed E-state index contributed by atoms with van der Waals surface area (Å²) in [6, 6.07) is 14.9. The molecular weight excluding hydrogens is 336 g/mol. The van der Waals surface area contributed by atoms with Gasteiger partial charge in [0.15, 0.2) is 0 Å². The second-order valence-electron chi connectivity index (χ2n) is 6.53. The summed E-state index contributed by atoms with van der Waals surface area (Å²) in [7, 11) is 0. The summed E-state index contributed by atoms with van der Waals surface area (Å²) in [5, 5.41) is 6.48. The fraction of sp³-hybridized carbons (Fsp3) is 0.350. The number of anilines is 1. The zero-order valence-corrected chi connectivity index (χ0v) is 15.1. The number of urea groups is 1. The second-order valence-corrected chi connectivity index (χ2v) is 6.97. The molecule has 1 fully saturated rings. The van der Waals surface area contributed by atoms with Crippen molar-refractivity contribution in [3.05, 3.63) is 64.7 Å². The predicted molar refractivity (Wildman–Crippen MR) is 101 cm³/mol. The van der Waals surface area contributed by atoms with Gasteiger partial charge in [-0.05, 0) is 61.1 Å². The number of carbonyl (C=O) groups is 1. The number of halogens is 1. The highest BCUT2D eigenvalue weighted by Crippen LogP contribution is 2.29. The van der Waals surface area contributed by atoms with Crippen LogP contribution in [0.25, 0.3) is 0 Å². The van der Waals surface area contributed by atoms with E-state index in [1.54, 1.807) is 0 Å². The van der Waals surface area contributed by atoms with Crippen molar-refractivity contribution in [3.63, 3.8) is 0 Å². The van der Waals surface area contributed by atoms with Gasteiger partial charge in [-0.15, -0.1) is 0 Å². The van der Waals surface area contributed by atoms with Crippen LogP contribution in [0.4, 0.5) is 10.5 Å². The lowest BCUT2D eigenvalue weighted by atomic mass is 10.1. The van der Waals surface area contributed by atoms with Crippen molar-refractivity contribution < 1.29 is 9.53 Å². The molecule has 0 aliphatic heterocycles. The van der Waals surface area contributed by atoms with Crippen LogP contribution in [-0.2, 0) is 11.3 Å². The molecule has 2 amide bonds. The fourth-order valence-electron chi connectivity index (χ4n) is 2.57. The molecule has 2 N–H and O–H groups in total. The van der Waals surface area contributed by atoms with Crippen LogP contribution in [0.15, 0.2) is 48.5 Å². The van der Waals surface area contributed by atoms with Crippen LogP contribution < -0.4 is 10.6 Å². The van der Waals surface area contributed by atoms with E-state index in [4.69, 9.17) is 16.3 Å². The zero-order chi connectivity index (χ0) is 17.6. The third kappa shape index (κ3) is 5.76. The van der Waals surface area contributed by atoms with E-state index in [2.05, 4.69) is 10.6 Å². The summed E-state index contributed by atoms with van der Waals surface area (Å²) >= 11 is 5.89. The summed E-state index contributed by atoms with van der Waals surface area (Å²) < 4.78 is 5.70. The number of amides is 2. The van der Waals surface area contributed by atoms with E-state index in [-0.39, 0.29) is 12.1 Å². The first-order valence-electron chi connectivity index (χ1n) is 8.60. The van der Waals surface area contributed by atoms with Crippen LogP contribution in [-0.4, -0.2) is 12.6 Å². The first-order valence-corrected chi connectivity index (χ1v) is 8.97. The van der Waals surface area contributed by atoms with Crippen molar-refractivity contribution >= 4 is 23.3 Å². The smallest absolute Gasteiger partial charge is 0.319 e. The second kappa shape index (κ2) is 8.37. The molecule has 4 nitrogen and oxygen atoms in total. The molecule has 132 valence electrons. The molecule has 25 heavy (non-hydrogen) atoms. The van der Waals surface area contributed by atoms with Gasteiger partial charge in [0.2, 0.25) is 0 Å². The number of rotatable bonds is 7. The van der Waals surface area contributed by atoms with Crippen LogP contribution >= 0.6 is 11.6 Å². The van der Waals surface area contributed by atoms with Gasteiger partial charge in [0, 0.05) is 17.3 Å². The standard InChI is InChI=1S/C20H23ClN2O2/c1-14(17-7-9-18(21)10-8-17)22-20(24)23-19-4-2-3-16(11-19)13-25-12-15-5-6-15/h2-4,7-11,14-15H,5-6,12-13H2,1H3,(H2,22,23,24). The van der Waals surface area contributed by atoms with Gasteiger partial charge in [0.05, 0.1) is 12.6 Å². The highest BCUT2D eigenvalue weighted by molar-refractivity contribution is 6.30. The molecule has 0 saturated heterocycles. The Morgan fingerprint density at radius 2 is 2.00 bits per heavy atom. The van der Waals surface area contributed by atoms with Crippen LogP contribution in [0.2, 0.25) is 5.02 Å². The van der Waals surface area contributed by atoms with E-state index in [1.165, 1.54) is 12.8 Å². The number of benzene rings is 2. The van der Waals surface area contributed by atoms with Crippen LogP contribution in [0.1, 0.15) is 36.9 Å². The number of carbonyl (C=O) groups excluding carboxylic acids is 1. The molecule has 0 heterocycles. The SMILES string of the molecule is CC(NC(=O)Nc1cccc(COCC2CC2)c1)c1ccc(Cl)cc1. The van der Waals surface area contributed by atoms with Crippen molar-refractivity contribution in [1.82, 2.24) is 5.32 Å². The molecule has 0 aromatic heterocycles. The minimum Gasteiger partial charge on any atom is -0.376 e. The fourth-order valence-corrected chi connectivity index (χ4v) is 2.69. The Morgan fingerprint density at radius 3 is 2.72 bits per heavy atom. The summed E-state index contributed by atoms with van der Waals surface area (Å²) in [5.74, 6) is 0.751. The van der Waals surface area contributed by atoms with Crippen LogP contribution in [0.5, 0.6) is 0 Å². The summed E-state index contributed by atoms with van der Waals surface area (Å²) in [5.41, 5.74) is 2.82. The quantitative estimate of drug-likeness (QED) is 0.719. The summed E-state index contributed by atoms with van der Waals surface area (Å²) in [6.07, 6.45) is 2.57. The Kier molecular flexibility index (Phi) is 5.95. The van der Waals surface area contributed by atoms with Gasteiger partial charge in [-0.1, -0.05) is 35.9 Å². The minimum absolute atomic E-state index is 0.109. The molecule has 2 aromatic rings. The van der Waals surface area contributed by atoms with E-state index in [0.717, 1.165) is 29.3 Å². The Morgan fingerprint density at radius 1 is 1.24 bits per heavy atom. The molecule has 0 spiro atoms. The molecule has 1 aliphatic rings. The normalized spacial score (nSPS) is 14.8. The van der Waals surface area contributed by atoms with Gasteiger partial charge in [-0.2, -0.15) is 0 Å².